The third-order valence-corrected chi connectivity index (χ3v) is 3.58. The topological polar surface area (TPSA) is 27.7 Å². The van der Waals surface area contributed by atoms with E-state index < -0.39 is 0 Å². The van der Waals surface area contributed by atoms with E-state index >= 15 is 0 Å². The van der Waals surface area contributed by atoms with Crippen molar-refractivity contribution in [3.63, 3.8) is 0 Å². The number of rotatable bonds is 8. The highest BCUT2D eigenvalue weighted by molar-refractivity contribution is 5.17. The Morgan fingerprint density at radius 2 is 2.11 bits per heavy atom. The third kappa shape index (κ3) is 5.00. The molecule has 1 aliphatic carbocycles. The summed E-state index contributed by atoms with van der Waals surface area (Å²) in [5.74, 6) is 1.68. The molecule has 0 spiro atoms. The fourth-order valence-electron chi connectivity index (χ4n) is 2.16. The quantitative estimate of drug-likeness (QED) is 0.631. The maximum atomic E-state index is 5.71. The van der Waals surface area contributed by atoms with Gasteiger partial charge in [-0.25, -0.2) is 0 Å². The fourth-order valence-corrected chi connectivity index (χ4v) is 2.16. The molecular formula is C16H26O3. The first-order chi connectivity index (χ1) is 9.18. The van der Waals surface area contributed by atoms with Crippen LogP contribution in [0.2, 0.25) is 0 Å². The van der Waals surface area contributed by atoms with Crippen molar-refractivity contribution in [3.05, 3.63) is 24.0 Å². The van der Waals surface area contributed by atoms with Gasteiger partial charge in [-0.1, -0.05) is 19.9 Å². The monoisotopic (exact) mass is 266 g/mol. The van der Waals surface area contributed by atoms with E-state index in [9.17, 15) is 0 Å². The average molecular weight is 266 g/mol. The number of allylic oxidation sites excluding steroid dienone is 3. The van der Waals surface area contributed by atoms with E-state index in [1.807, 2.05) is 0 Å². The Balaban J connectivity index is 1.43. The lowest BCUT2D eigenvalue weighted by atomic mass is 9.90. The molecule has 1 aliphatic heterocycles. The molecule has 1 unspecified atom stereocenters. The number of unbranched alkanes of at least 4 members (excludes halogenated alkanes) is 1. The van der Waals surface area contributed by atoms with Crippen molar-refractivity contribution < 1.29 is 14.2 Å². The highest BCUT2D eigenvalue weighted by atomic mass is 16.5. The molecule has 0 bridgehead atoms. The summed E-state index contributed by atoms with van der Waals surface area (Å²) in [7, 11) is 0. The first kappa shape index (κ1) is 14.6. The average Bonchev–Trinajstić information content (AvgIpc) is 2.38. The van der Waals surface area contributed by atoms with Crippen LogP contribution in [0.5, 0.6) is 0 Å². The summed E-state index contributed by atoms with van der Waals surface area (Å²) in [5, 5.41) is 0. The van der Waals surface area contributed by atoms with Crippen LogP contribution in [0.1, 0.15) is 33.1 Å². The van der Waals surface area contributed by atoms with Crippen molar-refractivity contribution in [1.29, 1.82) is 0 Å². The normalized spacial score (nSPS) is 24.7. The van der Waals surface area contributed by atoms with Gasteiger partial charge in [0.1, 0.15) is 5.76 Å². The molecule has 0 saturated carbocycles. The van der Waals surface area contributed by atoms with Crippen LogP contribution in [0.15, 0.2) is 24.0 Å². The van der Waals surface area contributed by atoms with E-state index in [1.165, 1.54) is 0 Å². The van der Waals surface area contributed by atoms with Crippen LogP contribution in [0, 0.1) is 11.3 Å². The van der Waals surface area contributed by atoms with Crippen molar-refractivity contribution in [2.24, 2.45) is 11.3 Å². The van der Waals surface area contributed by atoms with Crippen molar-refractivity contribution >= 4 is 0 Å². The first-order valence-electron chi connectivity index (χ1n) is 7.35. The second kappa shape index (κ2) is 7.11. The number of ether oxygens (including phenoxy) is 3. The minimum absolute atomic E-state index is 0.269. The van der Waals surface area contributed by atoms with Crippen molar-refractivity contribution in [3.8, 4) is 0 Å². The van der Waals surface area contributed by atoms with Gasteiger partial charge in [0.15, 0.2) is 0 Å². The molecule has 0 aromatic carbocycles. The molecule has 1 heterocycles. The van der Waals surface area contributed by atoms with Crippen molar-refractivity contribution in [1.82, 2.24) is 0 Å². The summed E-state index contributed by atoms with van der Waals surface area (Å²) < 4.78 is 16.6. The van der Waals surface area contributed by atoms with Gasteiger partial charge in [0.25, 0.3) is 0 Å². The predicted octanol–water partition coefficient (Wildman–Crippen LogP) is 3.32. The van der Waals surface area contributed by atoms with E-state index in [0.29, 0.717) is 5.92 Å². The van der Waals surface area contributed by atoms with Gasteiger partial charge in [0.2, 0.25) is 0 Å². The zero-order valence-corrected chi connectivity index (χ0v) is 12.2. The van der Waals surface area contributed by atoms with Gasteiger partial charge in [0.05, 0.1) is 26.4 Å². The molecular weight excluding hydrogens is 240 g/mol. The van der Waals surface area contributed by atoms with Crippen LogP contribution in [0.3, 0.4) is 0 Å². The van der Waals surface area contributed by atoms with Gasteiger partial charge < -0.3 is 14.2 Å². The molecule has 108 valence electrons. The molecule has 0 radical (unpaired) electrons. The van der Waals surface area contributed by atoms with Gasteiger partial charge in [-0.2, -0.15) is 0 Å². The molecule has 0 aromatic heterocycles. The molecule has 3 heteroatoms. The summed E-state index contributed by atoms with van der Waals surface area (Å²) in [6.45, 7) is 8.54. The molecule has 0 amide bonds. The second-order valence-electron chi connectivity index (χ2n) is 6.09. The number of hydrogen-bond donors (Lipinski definition) is 0. The van der Waals surface area contributed by atoms with Crippen LogP contribution in [0.25, 0.3) is 0 Å². The van der Waals surface area contributed by atoms with Crippen LogP contribution < -0.4 is 0 Å². The minimum Gasteiger partial charge on any atom is -0.494 e. The molecule has 0 N–H and O–H groups in total. The molecule has 1 atom stereocenters. The molecule has 3 nitrogen and oxygen atoms in total. The standard InChI is InChI=1S/C16H26O3/c1-14-5-7-15(8-6-14)19-10-4-3-9-17-11-16(2)12-18-13-16/h5,7-8,14H,3-4,6,9-13H2,1-2H3. The van der Waals surface area contributed by atoms with E-state index in [4.69, 9.17) is 14.2 Å². The van der Waals surface area contributed by atoms with Crippen LogP contribution in [-0.4, -0.2) is 33.0 Å². The lowest BCUT2D eigenvalue weighted by molar-refractivity contribution is -0.138. The first-order valence-corrected chi connectivity index (χ1v) is 7.35. The predicted molar refractivity (Wildman–Crippen MR) is 75.9 cm³/mol. The molecule has 0 aromatic rings. The second-order valence-corrected chi connectivity index (χ2v) is 6.09. The zero-order valence-electron chi connectivity index (χ0n) is 12.2. The molecule has 2 rings (SSSR count). The lowest BCUT2D eigenvalue weighted by Crippen LogP contribution is -2.43. The smallest absolute Gasteiger partial charge is 0.115 e. The Bertz CT molecular complexity index is 329. The van der Waals surface area contributed by atoms with Crippen LogP contribution >= 0.6 is 0 Å². The van der Waals surface area contributed by atoms with E-state index in [1.54, 1.807) is 0 Å². The zero-order chi connectivity index (χ0) is 13.6. The van der Waals surface area contributed by atoms with E-state index in [0.717, 1.165) is 58.1 Å². The van der Waals surface area contributed by atoms with E-state index in [-0.39, 0.29) is 5.41 Å². The maximum absolute atomic E-state index is 5.71. The van der Waals surface area contributed by atoms with Crippen molar-refractivity contribution in [2.45, 2.75) is 33.1 Å². The molecule has 1 fully saturated rings. The molecule has 1 saturated heterocycles. The maximum Gasteiger partial charge on any atom is 0.115 e. The SMILES string of the molecule is CC1C=CC(OCCCCOCC2(C)COC2)=CC1. The van der Waals surface area contributed by atoms with Crippen molar-refractivity contribution in [2.75, 3.05) is 33.0 Å². The largest absolute Gasteiger partial charge is 0.494 e. The summed E-state index contributed by atoms with van der Waals surface area (Å²) in [5.41, 5.74) is 0.269. The molecule has 19 heavy (non-hydrogen) atoms. The Labute approximate surface area is 116 Å². The summed E-state index contributed by atoms with van der Waals surface area (Å²) in [6, 6.07) is 0. The van der Waals surface area contributed by atoms with Crippen LogP contribution in [0.4, 0.5) is 0 Å². The Kier molecular flexibility index (Phi) is 5.46. The number of hydrogen-bond acceptors (Lipinski definition) is 3. The minimum atomic E-state index is 0.269. The highest BCUT2D eigenvalue weighted by Gasteiger charge is 2.33. The Hall–Kier alpha value is -0.800. The van der Waals surface area contributed by atoms with Gasteiger partial charge in [-0.15, -0.1) is 0 Å². The van der Waals surface area contributed by atoms with Gasteiger partial charge in [0, 0.05) is 12.0 Å². The van der Waals surface area contributed by atoms with Gasteiger partial charge >= 0.3 is 0 Å². The van der Waals surface area contributed by atoms with Crippen LogP contribution in [-0.2, 0) is 14.2 Å². The third-order valence-electron chi connectivity index (χ3n) is 3.58. The van der Waals surface area contributed by atoms with Gasteiger partial charge in [-0.05, 0) is 37.3 Å². The molecule has 2 aliphatic rings. The Morgan fingerprint density at radius 3 is 2.74 bits per heavy atom. The lowest BCUT2D eigenvalue weighted by Gasteiger charge is -2.37. The highest BCUT2D eigenvalue weighted by Crippen LogP contribution is 2.26. The van der Waals surface area contributed by atoms with E-state index in [2.05, 4.69) is 32.1 Å². The fraction of sp³-hybridized carbons (Fsp3) is 0.750. The Morgan fingerprint density at radius 1 is 1.32 bits per heavy atom. The summed E-state index contributed by atoms with van der Waals surface area (Å²) in [6.07, 6.45) is 9.68. The summed E-state index contributed by atoms with van der Waals surface area (Å²) >= 11 is 0. The van der Waals surface area contributed by atoms with Gasteiger partial charge in [-0.3, -0.25) is 0 Å². The summed E-state index contributed by atoms with van der Waals surface area (Å²) in [4.78, 5) is 0.